The van der Waals surface area contributed by atoms with Crippen molar-refractivity contribution >= 4 is 16.9 Å². The van der Waals surface area contributed by atoms with Crippen LogP contribution in [0.25, 0.3) is 33.8 Å². The number of H-pyrrole nitrogens is 2. The van der Waals surface area contributed by atoms with Gasteiger partial charge in [-0.2, -0.15) is 0 Å². The van der Waals surface area contributed by atoms with Gasteiger partial charge in [-0.3, -0.25) is 4.79 Å². The molecule has 2 aromatic heterocycles. The fraction of sp³-hybridized carbons (Fsp3) is 0. The highest BCUT2D eigenvalue weighted by Gasteiger charge is 2.13. The average Bonchev–Trinajstić information content (AvgIpc) is 3.23. The van der Waals surface area contributed by atoms with Gasteiger partial charge < -0.3 is 15.7 Å². The minimum atomic E-state index is -0.459. The predicted octanol–water partition coefficient (Wildman–Crippen LogP) is 2.72. The molecule has 112 valence electrons. The van der Waals surface area contributed by atoms with Crippen LogP contribution in [0.15, 0.2) is 54.9 Å². The van der Waals surface area contributed by atoms with Crippen LogP contribution >= 0.6 is 0 Å². The Kier molecular flexibility index (Phi) is 2.94. The summed E-state index contributed by atoms with van der Waals surface area (Å²) in [5, 5.41) is 0. The number of hydrogen-bond acceptors (Lipinski definition) is 3. The summed E-state index contributed by atoms with van der Waals surface area (Å²) >= 11 is 0. The van der Waals surface area contributed by atoms with Crippen LogP contribution in [0.5, 0.6) is 0 Å². The Labute approximate surface area is 131 Å². The first-order valence-electron chi connectivity index (χ1n) is 7.11. The highest BCUT2D eigenvalue weighted by molar-refractivity contribution is 5.96. The van der Waals surface area contributed by atoms with Crippen LogP contribution in [0.1, 0.15) is 10.4 Å². The lowest BCUT2D eigenvalue weighted by Gasteiger charge is -2.04. The lowest BCUT2D eigenvalue weighted by Crippen LogP contribution is -2.10. The maximum absolute atomic E-state index is 11.3. The molecule has 0 unspecified atom stereocenters. The van der Waals surface area contributed by atoms with Crippen molar-refractivity contribution in [1.29, 1.82) is 0 Å². The number of rotatable bonds is 3. The van der Waals surface area contributed by atoms with Crippen LogP contribution in [-0.2, 0) is 0 Å². The van der Waals surface area contributed by atoms with Gasteiger partial charge in [0.1, 0.15) is 11.6 Å². The summed E-state index contributed by atoms with van der Waals surface area (Å²) in [6.07, 6.45) is 3.49. The van der Waals surface area contributed by atoms with Crippen molar-refractivity contribution in [2.24, 2.45) is 5.73 Å². The molecule has 1 amide bonds. The van der Waals surface area contributed by atoms with E-state index in [2.05, 4.69) is 19.9 Å². The van der Waals surface area contributed by atoms with Crippen molar-refractivity contribution in [1.82, 2.24) is 19.9 Å². The summed E-state index contributed by atoms with van der Waals surface area (Å²) in [4.78, 5) is 26.6. The normalized spacial score (nSPS) is 11.0. The Morgan fingerprint density at radius 2 is 1.83 bits per heavy atom. The fourth-order valence-electron chi connectivity index (χ4n) is 2.60. The summed E-state index contributed by atoms with van der Waals surface area (Å²) in [5.41, 5.74) is 9.20. The number of benzene rings is 2. The molecular weight excluding hydrogens is 290 g/mol. The Morgan fingerprint density at radius 3 is 2.52 bits per heavy atom. The second kappa shape index (κ2) is 5.10. The summed E-state index contributed by atoms with van der Waals surface area (Å²) in [6, 6.07) is 13.0. The molecule has 0 spiro atoms. The monoisotopic (exact) mass is 303 g/mol. The number of imidazole rings is 2. The average molecular weight is 303 g/mol. The number of carbonyl (C=O) groups is 1. The van der Waals surface area contributed by atoms with Crippen molar-refractivity contribution in [3.63, 3.8) is 0 Å². The number of primary amides is 1. The van der Waals surface area contributed by atoms with Crippen molar-refractivity contribution in [3.05, 3.63) is 60.4 Å². The molecule has 4 N–H and O–H groups in total. The molecule has 6 heteroatoms. The number of nitrogens with one attached hydrogen (secondary N) is 2. The summed E-state index contributed by atoms with van der Waals surface area (Å²) in [6.45, 7) is 0. The van der Waals surface area contributed by atoms with Crippen LogP contribution in [0.2, 0.25) is 0 Å². The van der Waals surface area contributed by atoms with Crippen LogP contribution in [0.4, 0.5) is 0 Å². The lowest BCUT2D eigenvalue weighted by atomic mass is 10.1. The van der Waals surface area contributed by atoms with E-state index in [0.717, 1.165) is 28.0 Å². The van der Waals surface area contributed by atoms with Gasteiger partial charge >= 0.3 is 0 Å². The van der Waals surface area contributed by atoms with Crippen molar-refractivity contribution in [2.75, 3.05) is 0 Å². The molecule has 0 saturated carbocycles. The third kappa shape index (κ3) is 2.26. The van der Waals surface area contributed by atoms with Gasteiger partial charge in [0.2, 0.25) is 5.91 Å². The molecule has 0 atom stereocenters. The van der Waals surface area contributed by atoms with Crippen LogP contribution in [-0.4, -0.2) is 25.8 Å². The predicted molar refractivity (Wildman–Crippen MR) is 87.6 cm³/mol. The molecule has 0 aliphatic heterocycles. The molecule has 2 aromatic carbocycles. The Hall–Kier alpha value is -3.41. The van der Waals surface area contributed by atoms with Crippen molar-refractivity contribution in [2.45, 2.75) is 0 Å². The molecule has 0 aliphatic rings. The molecule has 23 heavy (non-hydrogen) atoms. The number of carbonyl (C=O) groups excluding carboxylic acids is 1. The van der Waals surface area contributed by atoms with Crippen LogP contribution in [0, 0.1) is 0 Å². The van der Waals surface area contributed by atoms with Gasteiger partial charge in [-0.05, 0) is 18.2 Å². The third-order valence-electron chi connectivity index (χ3n) is 3.70. The maximum atomic E-state index is 11.3. The van der Waals surface area contributed by atoms with E-state index in [0.29, 0.717) is 11.4 Å². The summed E-state index contributed by atoms with van der Waals surface area (Å²) < 4.78 is 0. The highest BCUT2D eigenvalue weighted by atomic mass is 16.1. The van der Waals surface area contributed by atoms with E-state index >= 15 is 0 Å². The van der Waals surface area contributed by atoms with Crippen molar-refractivity contribution in [3.8, 4) is 22.8 Å². The second-order valence-electron chi connectivity index (χ2n) is 5.16. The van der Waals surface area contributed by atoms with Gasteiger partial charge in [0, 0.05) is 29.1 Å². The van der Waals surface area contributed by atoms with Crippen molar-refractivity contribution < 1.29 is 4.79 Å². The zero-order chi connectivity index (χ0) is 15.8. The molecule has 0 fully saturated rings. The Balaban J connectivity index is 1.88. The number of aromatic nitrogens is 4. The zero-order valence-corrected chi connectivity index (χ0v) is 12.1. The first-order chi connectivity index (χ1) is 11.2. The quantitative estimate of drug-likeness (QED) is 0.542. The summed E-state index contributed by atoms with van der Waals surface area (Å²) in [7, 11) is 0. The number of hydrogen-bond donors (Lipinski definition) is 3. The van der Waals surface area contributed by atoms with E-state index in [4.69, 9.17) is 5.73 Å². The van der Waals surface area contributed by atoms with E-state index in [-0.39, 0.29) is 0 Å². The number of nitrogens with two attached hydrogens (primary N) is 1. The molecule has 6 nitrogen and oxygen atoms in total. The molecular formula is C17H13N5O. The molecule has 2 heterocycles. The maximum Gasteiger partial charge on any atom is 0.248 e. The fourth-order valence-corrected chi connectivity index (χ4v) is 2.60. The molecule has 0 radical (unpaired) electrons. The Bertz CT molecular complexity index is 1000. The number of fused-ring (bicyclic) bond motifs is 1. The Morgan fingerprint density at radius 1 is 1.04 bits per heavy atom. The largest absolute Gasteiger partial charge is 0.366 e. The summed E-state index contributed by atoms with van der Waals surface area (Å²) in [5.74, 6) is 1.03. The van der Waals surface area contributed by atoms with Gasteiger partial charge in [-0.1, -0.05) is 24.3 Å². The lowest BCUT2D eigenvalue weighted by molar-refractivity contribution is 0.100. The standard InChI is InChI=1S/C17H13N5O/c18-15(23)10-5-6-13-14(9-10)22-17(21-13)12-4-2-1-3-11(12)16-19-7-8-20-16/h1-9H,(H2,18,23)(H,19,20)(H,21,22). The smallest absolute Gasteiger partial charge is 0.248 e. The van der Waals surface area contributed by atoms with E-state index in [9.17, 15) is 4.79 Å². The SMILES string of the molecule is NC(=O)c1ccc2nc(-c3ccccc3-c3ncc[nH]3)[nH]c2c1. The molecule has 0 aliphatic carbocycles. The van der Waals surface area contributed by atoms with E-state index in [1.165, 1.54) is 0 Å². The van der Waals surface area contributed by atoms with Crippen LogP contribution in [0.3, 0.4) is 0 Å². The van der Waals surface area contributed by atoms with E-state index in [1.807, 2.05) is 24.3 Å². The van der Waals surface area contributed by atoms with Crippen LogP contribution < -0.4 is 5.73 Å². The minimum absolute atomic E-state index is 0.451. The van der Waals surface area contributed by atoms with Gasteiger partial charge in [0.25, 0.3) is 0 Å². The molecule has 4 aromatic rings. The number of aromatic amines is 2. The number of nitrogens with zero attached hydrogens (tertiary/aromatic N) is 2. The van der Waals surface area contributed by atoms with Gasteiger partial charge in [-0.15, -0.1) is 0 Å². The van der Waals surface area contributed by atoms with E-state index < -0.39 is 5.91 Å². The third-order valence-corrected chi connectivity index (χ3v) is 3.70. The molecule has 0 bridgehead atoms. The van der Waals surface area contributed by atoms with Gasteiger partial charge in [0.15, 0.2) is 0 Å². The highest BCUT2D eigenvalue weighted by Crippen LogP contribution is 2.29. The van der Waals surface area contributed by atoms with Gasteiger partial charge in [-0.25, -0.2) is 9.97 Å². The zero-order valence-electron chi connectivity index (χ0n) is 12.1. The molecule has 4 rings (SSSR count). The first kappa shape index (κ1) is 13.3. The first-order valence-corrected chi connectivity index (χ1v) is 7.11. The molecule has 0 saturated heterocycles. The topological polar surface area (TPSA) is 100 Å². The van der Waals surface area contributed by atoms with Gasteiger partial charge in [0.05, 0.1) is 11.0 Å². The minimum Gasteiger partial charge on any atom is -0.366 e. The number of amides is 1. The van der Waals surface area contributed by atoms with E-state index in [1.54, 1.807) is 30.6 Å². The second-order valence-corrected chi connectivity index (χ2v) is 5.16.